The molecule has 2 aromatic rings. The molecule has 7 heteroatoms. The van der Waals surface area contributed by atoms with E-state index in [-0.39, 0.29) is 10.7 Å². The first kappa shape index (κ1) is 21.1. The summed E-state index contributed by atoms with van der Waals surface area (Å²) in [6.07, 6.45) is 5.94. The lowest BCUT2D eigenvalue weighted by molar-refractivity contribution is 0.104. The molecule has 0 unspecified atom stereocenters. The van der Waals surface area contributed by atoms with Gasteiger partial charge >= 0.3 is 0 Å². The first-order valence-electron chi connectivity index (χ1n) is 9.50. The number of ether oxygens (including phenoxy) is 2. The largest absolute Gasteiger partial charge is 0.497 e. The van der Waals surface area contributed by atoms with Crippen molar-refractivity contribution in [2.45, 2.75) is 24.2 Å². The van der Waals surface area contributed by atoms with E-state index in [4.69, 9.17) is 9.47 Å². The van der Waals surface area contributed by atoms with E-state index in [1.807, 2.05) is 0 Å². The third kappa shape index (κ3) is 4.86. The fourth-order valence-electron chi connectivity index (χ4n) is 3.26. The summed E-state index contributed by atoms with van der Waals surface area (Å²) < 4.78 is 37.4. The van der Waals surface area contributed by atoms with Crippen LogP contribution in [0.25, 0.3) is 6.08 Å². The van der Waals surface area contributed by atoms with E-state index in [0.717, 1.165) is 24.8 Å². The normalized spacial score (nSPS) is 15.4. The Morgan fingerprint density at radius 3 is 2.28 bits per heavy atom. The van der Waals surface area contributed by atoms with Crippen LogP contribution in [-0.4, -0.2) is 45.8 Å². The predicted molar refractivity (Wildman–Crippen MR) is 112 cm³/mol. The maximum atomic E-state index is 12.7. The van der Waals surface area contributed by atoms with Gasteiger partial charge in [-0.2, -0.15) is 4.31 Å². The summed E-state index contributed by atoms with van der Waals surface area (Å²) >= 11 is 0. The number of hydrogen-bond donors (Lipinski definition) is 0. The molecule has 0 amide bonds. The van der Waals surface area contributed by atoms with Crippen LogP contribution >= 0.6 is 0 Å². The predicted octanol–water partition coefficient (Wildman–Crippen LogP) is 3.77. The average molecular weight is 416 g/mol. The number of piperidine rings is 1. The number of hydrogen-bond acceptors (Lipinski definition) is 5. The molecule has 6 nitrogen and oxygen atoms in total. The van der Waals surface area contributed by atoms with Gasteiger partial charge in [-0.1, -0.05) is 6.42 Å². The van der Waals surface area contributed by atoms with Crippen molar-refractivity contribution in [2.24, 2.45) is 0 Å². The first-order valence-corrected chi connectivity index (χ1v) is 10.9. The van der Waals surface area contributed by atoms with E-state index in [0.29, 0.717) is 30.2 Å². The average Bonchev–Trinajstić information content (AvgIpc) is 2.78. The number of ketones is 1. The Hall–Kier alpha value is -2.64. The molecule has 0 saturated carbocycles. The van der Waals surface area contributed by atoms with Crippen LogP contribution < -0.4 is 9.47 Å². The van der Waals surface area contributed by atoms with Gasteiger partial charge in [-0.25, -0.2) is 8.42 Å². The van der Waals surface area contributed by atoms with Gasteiger partial charge in [0.1, 0.15) is 11.5 Å². The Balaban J connectivity index is 1.74. The van der Waals surface area contributed by atoms with Crippen molar-refractivity contribution in [1.82, 2.24) is 4.31 Å². The third-order valence-corrected chi connectivity index (χ3v) is 6.86. The molecule has 1 aliphatic heterocycles. The monoisotopic (exact) mass is 415 g/mol. The van der Waals surface area contributed by atoms with Crippen LogP contribution in [0.2, 0.25) is 0 Å². The Kier molecular flexibility index (Phi) is 6.71. The van der Waals surface area contributed by atoms with Gasteiger partial charge in [-0.05, 0) is 61.4 Å². The standard InChI is InChI=1S/C22H25NO5S/c1-27-19-10-6-18(22(16-19)28-2)9-13-21(24)17-7-11-20(12-8-17)29(25,26)23-14-4-3-5-15-23/h6-13,16H,3-5,14-15H2,1-2H3/b13-9+. The third-order valence-electron chi connectivity index (χ3n) is 4.95. The number of carbonyl (C=O) groups is 1. The van der Waals surface area contributed by atoms with E-state index < -0.39 is 10.0 Å². The van der Waals surface area contributed by atoms with Crippen LogP contribution in [0.15, 0.2) is 53.4 Å². The molecule has 3 rings (SSSR count). The molecule has 0 radical (unpaired) electrons. The van der Waals surface area contributed by atoms with Crippen LogP contribution in [0.5, 0.6) is 11.5 Å². The zero-order valence-electron chi connectivity index (χ0n) is 16.6. The van der Waals surface area contributed by atoms with Crippen molar-refractivity contribution in [3.63, 3.8) is 0 Å². The lowest BCUT2D eigenvalue weighted by atomic mass is 10.1. The number of nitrogens with zero attached hydrogens (tertiary/aromatic N) is 1. The second-order valence-corrected chi connectivity index (χ2v) is 8.73. The summed E-state index contributed by atoms with van der Waals surface area (Å²) in [6, 6.07) is 11.4. The molecule has 154 valence electrons. The molecular weight excluding hydrogens is 390 g/mol. The maximum Gasteiger partial charge on any atom is 0.243 e. The number of sulfonamides is 1. The summed E-state index contributed by atoms with van der Waals surface area (Å²) in [5, 5.41) is 0. The van der Waals surface area contributed by atoms with Crippen molar-refractivity contribution in [3.8, 4) is 11.5 Å². The topological polar surface area (TPSA) is 72.9 Å². The molecule has 2 aromatic carbocycles. The summed E-state index contributed by atoms with van der Waals surface area (Å²) in [5.41, 5.74) is 1.16. The summed E-state index contributed by atoms with van der Waals surface area (Å²) in [5.74, 6) is 1.04. The molecule has 0 spiro atoms. The number of benzene rings is 2. The SMILES string of the molecule is COc1ccc(/C=C/C(=O)c2ccc(S(=O)(=O)N3CCCCC3)cc2)c(OC)c1. The summed E-state index contributed by atoms with van der Waals surface area (Å²) in [7, 11) is -0.376. The molecule has 0 aromatic heterocycles. The number of methoxy groups -OCH3 is 2. The highest BCUT2D eigenvalue weighted by Crippen LogP contribution is 2.26. The molecule has 0 atom stereocenters. The minimum Gasteiger partial charge on any atom is -0.497 e. The summed E-state index contributed by atoms with van der Waals surface area (Å²) in [6.45, 7) is 1.10. The minimum atomic E-state index is -3.50. The van der Waals surface area contributed by atoms with Gasteiger partial charge in [0.05, 0.1) is 19.1 Å². The van der Waals surface area contributed by atoms with Gasteiger partial charge in [-0.15, -0.1) is 0 Å². The smallest absolute Gasteiger partial charge is 0.243 e. The maximum absolute atomic E-state index is 12.7. The fourth-order valence-corrected chi connectivity index (χ4v) is 4.78. The first-order chi connectivity index (χ1) is 14.0. The molecule has 0 aliphatic carbocycles. The van der Waals surface area contributed by atoms with Gasteiger partial charge in [0.25, 0.3) is 0 Å². The van der Waals surface area contributed by atoms with Gasteiger partial charge < -0.3 is 9.47 Å². The highest BCUT2D eigenvalue weighted by Gasteiger charge is 2.25. The van der Waals surface area contributed by atoms with E-state index in [2.05, 4.69) is 0 Å². The van der Waals surface area contributed by atoms with Crippen molar-refractivity contribution in [3.05, 3.63) is 59.7 Å². The number of allylic oxidation sites excluding steroid dienone is 1. The molecule has 1 heterocycles. The Morgan fingerprint density at radius 2 is 1.66 bits per heavy atom. The fraction of sp³-hybridized carbons (Fsp3) is 0.318. The minimum absolute atomic E-state index is 0.218. The highest BCUT2D eigenvalue weighted by molar-refractivity contribution is 7.89. The van der Waals surface area contributed by atoms with Crippen molar-refractivity contribution < 1.29 is 22.7 Å². The van der Waals surface area contributed by atoms with E-state index in [1.54, 1.807) is 50.6 Å². The lowest BCUT2D eigenvalue weighted by Gasteiger charge is -2.25. The van der Waals surface area contributed by atoms with Crippen LogP contribution in [0.4, 0.5) is 0 Å². The summed E-state index contributed by atoms with van der Waals surface area (Å²) in [4.78, 5) is 12.7. The molecule has 0 N–H and O–H groups in total. The zero-order valence-corrected chi connectivity index (χ0v) is 17.4. The van der Waals surface area contributed by atoms with Crippen molar-refractivity contribution in [2.75, 3.05) is 27.3 Å². The van der Waals surface area contributed by atoms with E-state index >= 15 is 0 Å². The van der Waals surface area contributed by atoms with Crippen LogP contribution in [0, 0.1) is 0 Å². The van der Waals surface area contributed by atoms with Crippen molar-refractivity contribution in [1.29, 1.82) is 0 Å². The quantitative estimate of drug-likeness (QED) is 0.508. The molecule has 0 bridgehead atoms. The van der Waals surface area contributed by atoms with Gasteiger partial charge in [0.15, 0.2) is 5.78 Å². The Morgan fingerprint density at radius 1 is 0.966 bits per heavy atom. The molecular formula is C22H25NO5S. The Labute approximate surface area is 171 Å². The number of carbonyl (C=O) groups excluding carboxylic acids is 1. The molecule has 29 heavy (non-hydrogen) atoms. The van der Waals surface area contributed by atoms with E-state index in [9.17, 15) is 13.2 Å². The van der Waals surface area contributed by atoms with Gasteiger partial charge in [0.2, 0.25) is 10.0 Å². The Bertz CT molecular complexity index is 990. The van der Waals surface area contributed by atoms with Gasteiger partial charge in [-0.3, -0.25) is 4.79 Å². The zero-order chi connectivity index (χ0) is 20.9. The van der Waals surface area contributed by atoms with Crippen LogP contribution in [0.1, 0.15) is 35.2 Å². The number of rotatable bonds is 7. The molecule has 1 saturated heterocycles. The molecule has 1 aliphatic rings. The lowest BCUT2D eigenvalue weighted by Crippen LogP contribution is -2.35. The second kappa shape index (κ2) is 9.24. The molecule has 1 fully saturated rings. The van der Waals surface area contributed by atoms with Crippen molar-refractivity contribution >= 4 is 21.9 Å². The van der Waals surface area contributed by atoms with Crippen LogP contribution in [-0.2, 0) is 10.0 Å². The van der Waals surface area contributed by atoms with E-state index in [1.165, 1.54) is 22.5 Å². The van der Waals surface area contributed by atoms with Gasteiger partial charge in [0, 0.05) is 30.3 Å². The highest BCUT2D eigenvalue weighted by atomic mass is 32.2. The van der Waals surface area contributed by atoms with Crippen LogP contribution in [0.3, 0.4) is 0 Å². The second-order valence-electron chi connectivity index (χ2n) is 6.79.